The van der Waals surface area contributed by atoms with Crippen molar-refractivity contribution in [2.45, 2.75) is 25.0 Å². The molecule has 1 aliphatic heterocycles. The number of hydrogen-bond acceptors (Lipinski definition) is 7. The first-order valence-electron chi connectivity index (χ1n) is 12.0. The number of H-pyrrole nitrogens is 1. The van der Waals surface area contributed by atoms with E-state index in [0.717, 1.165) is 29.9 Å². The van der Waals surface area contributed by atoms with Crippen LogP contribution in [0.3, 0.4) is 0 Å². The molecule has 8 N–H and O–H groups in total. The minimum absolute atomic E-state index is 0. The van der Waals surface area contributed by atoms with Crippen LogP contribution in [0.25, 0.3) is 10.8 Å². The van der Waals surface area contributed by atoms with Gasteiger partial charge in [-0.15, -0.1) is 0 Å². The maximum Gasteiger partial charge on any atom is 0.272 e. The highest BCUT2D eigenvalue weighted by molar-refractivity contribution is 5.97. The van der Waals surface area contributed by atoms with E-state index in [-0.39, 0.29) is 23.0 Å². The molecule has 0 saturated heterocycles. The van der Waals surface area contributed by atoms with Crippen LogP contribution in [0.2, 0.25) is 0 Å². The van der Waals surface area contributed by atoms with Crippen LogP contribution >= 0.6 is 0 Å². The van der Waals surface area contributed by atoms with Gasteiger partial charge in [0.25, 0.3) is 5.56 Å². The van der Waals surface area contributed by atoms with E-state index in [1.807, 2.05) is 18.2 Å². The van der Waals surface area contributed by atoms with Crippen molar-refractivity contribution in [3.63, 3.8) is 0 Å². The zero-order valence-electron chi connectivity index (χ0n) is 21.8. The Morgan fingerprint density at radius 1 is 0.811 bits per heavy atom. The molecule has 0 saturated carbocycles. The molecule has 0 amide bonds. The molecule has 2 atom stereocenters. The zero-order chi connectivity index (χ0) is 25.8. The van der Waals surface area contributed by atoms with Crippen molar-refractivity contribution in [2.24, 2.45) is 11.7 Å². The highest BCUT2D eigenvalue weighted by Crippen LogP contribution is 2.46. The number of hydrogen-bond donors (Lipinski definition) is 4. The summed E-state index contributed by atoms with van der Waals surface area (Å²) in [5.41, 5.74) is 6.61. The summed E-state index contributed by atoms with van der Waals surface area (Å²) in [5.74, 6) is 7.96. The SMILES string of the molecule is CN(C)Cc1ccc(C2Nc3cccc4c(=O)[nH]nc(c34)C2c2ccc(CN(C)C)cc2)cc1.NN.O. The molecule has 5 rings (SSSR count). The lowest BCUT2D eigenvalue weighted by Gasteiger charge is -2.35. The maximum atomic E-state index is 12.5. The summed E-state index contributed by atoms with van der Waals surface area (Å²) in [6.07, 6.45) is 0. The van der Waals surface area contributed by atoms with Crippen LogP contribution in [0, 0.1) is 0 Å². The van der Waals surface area contributed by atoms with Crippen LogP contribution in [-0.2, 0) is 13.1 Å². The highest BCUT2D eigenvalue weighted by atomic mass is 16.1. The molecule has 0 radical (unpaired) electrons. The predicted octanol–water partition coefficient (Wildman–Crippen LogP) is 2.34. The molecule has 9 nitrogen and oxygen atoms in total. The Morgan fingerprint density at radius 3 is 1.89 bits per heavy atom. The minimum Gasteiger partial charge on any atom is -0.412 e. The lowest BCUT2D eigenvalue weighted by Crippen LogP contribution is -2.28. The summed E-state index contributed by atoms with van der Waals surface area (Å²) in [7, 11) is 8.31. The Labute approximate surface area is 217 Å². The van der Waals surface area contributed by atoms with Gasteiger partial charge in [0, 0.05) is 24.2 Å². The smallest absolute Gasteiger partial charge is 0.272 e. The van der Waals surface area contributed by atoms with Crippen LogP contribution in [0.15, 0.2) is 71.5 Å². The number of rotatable bonds is 6. The molecule has 2 unspecified atom stereocenters. The van der Waals surface area contributed by atoms with Gasteiger partial charge in [0.05, 0.1) is 23.0 Å². The Kier molecular flexibility index (Phi) is 9.14. The highest BCUT2D eigenvalue weighted by Gasteiger charge is 2.34. The van der Waals surface area contributed by atoms with Crippen molar-refractivity contribution in [1.29, 1.82) is 0 Å². The fourth-order valence-corrected chi connectivity index (χ4v) is 5.02. The van der Waals surface area contributed by atoms with E-state index in [4.69, 9.17) is 0 Å². The molecule has 37 heavy (non-hydrogen) atoms. The normalized spacial score (nSPS) is 16.1. The van der Waals surface area contributed by atoms with E-state index in [0.29, 0.717) is 5.39 Å². The average Bonchev–Trinajstić information content (AvgIpc) is 2.87. The first kappa shape index (κ1) is 28.0. The van der Waals surface area contributed by atoms with E-state index in [2.05, 4.69) is 114 Å². The Bertz CT molecular complexity index is 1370. The van der Waals surface area contributed by atoms with Crippen LogP contribution in [0.4, 0.5) is 5.69 Å². The second kappa shape index (κ2) is 12.1. The van der Waals surface area contributed by atoms with Gasteiger partial charge in [0.15, 0.2) is 0 Å². The largest absolute Gasteiger partial charge is 0.412 e. The number of nitrogens with zero attached hydrogens (tertiary/aromatic N) is 3. The molecular formula is C28H37N7O2. The number of nitrogens with two attached hydrogens (primary N) is 2. The van der Waals surface area contributed by atoms with Gasteiger partial charge in [-0.1, -0.05) is 54.6 Å². The summed E-state index contributed by atoms with van der Waals surface area (Å²) in [6.45, 7) is 1.80. The van der Waals surface area contributed by atoms with E-state index in [1.54, 1.807) is 0 Å². The Hall–Kier alpha value is -3.60. The summed E-state index contributed by atoms with van der Waals surface area (Å²) in [5, 5.41) is 12.7. The molecule has 0 spiro atoms. The molecule has 2 heterocycles. The summed E-state index contributed by atoms with van der Waals surface area (Å²) >= 11 is 0. The lowest BCUT2D eigenvalue weighted by atomic mass is 9.79. The molecular weight excluding hydrogens is 466 g/mol. The quantitative estimate of drug-likeness (QED) is 0.233. The molecule has 0 bridgehead atoms. The van der Waals surface area contributed by atoms with Gasteiger partial charge < -0.3 is 20.6 Å². The molecule has 4 aromatic rings. The Balaban J connectivity index is 0.00000124. The number of anilines is 1. The van der Waals surface area contributed by atoms with Crippen molar-refractivity contribution < 1.29 is 5.48 Å². The first-order valence-corrected chi connectivity index (χ1v) is 12.0. The molecule has 0 fully saturated rings. The summed E-state index contributed by atoms with van der Waals surface area (Å²) in [4.78, 5) is 16.9. The third-order valence-electron chi connectivity index (χ3n) is 6.46. The van der Waals surface area contributed by atoms with Gasteiger partial charge in [-0.3, -0.25) is 16.5 Å². The molecule has 196 valence electrons. The van der Waals surface area contributed by atoms with Gasteiger partial charge in [0.2, 0.25) is 0 Å². The first-order chi connectivity index (χ1) is 17.4. The van der Waals surface area contributed by atoms with E-state index >= 15 is 0 Å². The number of benzene rings is 3. The predicted molar refractivity (Wildman–Crippen MR) is 150 cm³/mol. The van der Waals surface area contributed by atoms with Crippen LogP contribution in [0.5, 0.6) is 0 Å². The van der Waals surface area contributed by atoms with E-state index < -0.39 is 0 Å². The van der Waals surface area contributed by atoms with E-state index in [1.165, 1.54) is 22.3 Å². The van der Waals surface area contributed by atoms with E-state index in [9.17, 15) is 4.79 Å². The van der Waals surface area contributed by atoms with Gasteiger partial charge in [-0.2, -0.15) is 5.10 Å². The fourth-order valence-electron chi connectivity index (χ4n) is 5.02. The number of aromatic nitrogens is 2. The zero-order valence-corrected chi connectivity index (χ0v) is 21.8. The van der Waals surface area contributed by atoms with Gasteiger partial charge >= 0.3 is 0 Å². The molecule has 3 aromatic carbocycles. The fraction of sp³-hybridized carbons (Fsp3) is 0.286. The van der Waals surface area contributed by atoms with Gasteiger partial charge in [-0.25, -0.2) is 5.10 Å². The average molecular weight is 504 g/mol. The topological polar surface area (TPSA) is 148 Å². The van der Waals surface area contributed by atoms with Crippen LogP contribution in [0.1, 0.15) is 39.9 Å². The van der Waals surface area contributed by atoms with Crippen molar-refractivity contribution in [3.05, 3.63) is 105 Å². The molecule has 1 aromatic heterocycles. The molecule has 0 aliphatic carbocycles. The van der Waals surface area contributed by atoms with Crippen molar-refractivity contribution in [1.82, 2.24) is 20.0 Å². The minimum atomic E-state index is -0.158. The summed E-state index contributed by atoms with van der Waals surface area (Å²) in [6, 6.07) is 23.4. The second-order valence-electron chi connectivity index (χ2n) is 9.72. The Morgan fingerprint density at radius 2 is 1.35 bits per heavy atom. The molecule has 9 heteroatoms. The molecule has 1 aliphatic rings. The number of hydrazine groups is 1. The maximum absolute atomic E-state index is 12.5. The third-order valence-corrected chi connectivity index (χ3v) is 6.46. The van der Waals surface area contributed by atoms with Crippen LogP contribution in [-0.4, -0.2) is 53.7 Å². The van der Waals surface area contributed by atoms with Crippen molar-refractivity contribution in [2.75, 3.05) is 33.5 Å². The lowest BCUT2D eigenvalue weighted by molar-refractivity contribution is 0.402. The number of nitrogens with one attached hydrogen (secondary N) is 2. The third kappa shape index (κ3) is 5.87. The standard InChI is InChI=1S/C28H31N5O.H4N2.H2O/c1-32(2)16-18-8-12-20(13-9-18)24-26(21-14-10-19(11-15-21)17-33(3)4)29-23-7-5-6-22-25(23)27(24)30-31-28(22)34;1-2;/h5-15,24,26,29H,16-17H2,1-4H3,(H,31,34);1-2H2;1H2. The van der Waals surface area contributed by atoms with Gasteiger partial charge in [0.1, 0.15) is 0 Å². The second-order valence-corrected chi connectivity index (χ2v) is 9.72. The van der Waals surface area contributed by atoms with Crippen molar-refractivity contribution in [3.8, 4) is 0 Å². The van der Waals surface area contributed by atoms with Crippen molar-refractivity contribution >= 4 is 16.5 Å². The summed E-state index contributed by atoms with van der Waals surface area (Å²) < 4.78 is 0. The monoisotopic (exact) mass is 503 g/mol. The van der Waals surface area contributed by atoms with Crippen LogP contribution < -0.4 is 22.6 Å². The van der Waals surface area contributed by atoms with Gasteiger partial charge in [-0.05, 0) is 62.6 Å². The number of aromatic amines is 1.